The first-order valence-electron chi connectivity index (χ1n) is 10.8. The summed E-state index contributed by atoms with van der Waals surface area (Å²) >= 11 is 1.58. The van der Waals surface area contributed by atoms with Gasteiger partial charge in [0.1, 0.15) is 17.0 Å². The highest BCUT2D eigenvalue weighted by Gasteiger charge is 2.31. The summed E-state index contributed by atoms with van der Waals surface area (Å²) in [5, 5.41) is 4.07. The van der Waals surface area contributed by atoms with Gasteiger partial charge in [-0.15, -0.1) is 11.3 Å². The zero-order valence-corrected chi connectivity index (χ0v) is 19.8. The molecule has 0 aliphatic carbocycles. The fraction of sp³-hybridized carbons (Fsp3) is 0.333. The molecule has 3 N–H and O–H groups in total. The van der Waals surface area contributed by atoms with E-state index in [-0.39, 0.29) is 5.69 Å². The monoisotopic (exact) mass is 489 g/mol. The molecule has 0 fully saturated rings. The van der Waals surface area contributed by atoms with Crippen LogP contribution < -0.4 is 11.1 Å². The van der Waals surface area contributed by atoms with Crippen molar-refractivity contribution in [3.05, 3.63) is 64.9 Å². The standard InChI is InChI=1S/C24H26F3N5OS/c1-14(12-33-3)32-6-4-16(5-7-32)21-11-20-22(29-13-30-23(20)34-21)31-15(2)17-8-18(24(25,26)27)10-19(28)9-17/h4,8-11,13,15H,1,5-7,12,28H2,2-3H3,(H,29,30,31)/t15-/m1/s1. The topological polar surface area (TPSA) is 76.3 Å². The summed E-state index contributed by atoms with van der Waals surface area (Å²) in [5.74, 6) is 0.572. The van der Waals surface area contributed by atoms with Gasteiger partial charge in [-0.25, -0.2) is 9.97 Å². The van der Waals surface area contributed by atoms with Crippen molar-refractivity contribution in [1.29, 1.82) is 0 Å². The second kappa shape index (κ2) is 9.63. The second-order valence-corrected chi connectivity index (χ2v) is 9.26. The molecule has 0 bridgehead atoms. The van der Waals surface area contributed by atoms with Crippen molar-refractivity contribution in [3.63, 3.8) is 0 Å². The van der Waals surface area contributed by atoms with E-state index >= 15 is 0 Å². The van der Waals surface area contributed by atoms with Crippen molar-refractivity contribution in [2.75, 3.05) is 37.9 Å². The molecule has 1 aliphatic rings. The zero-order chi connectivity index (χ0) is 24.5. The Labute approximate surface area is 200 Å². The molecule has 10 heteroatoms. The van der Waals surface area contributed by atoms with Gasteiger partial charge in [-0.1, -0.05) is 12.7 Å². The molecule has 180 valence electrons. The van der Waals surface area contributed by atoms with Crippen LogP contribution in [0.5, 0.6) is 0 Å². The number of fused-ring (bicyclic) bond motifs is 1. The molecule has 1 aliphatic heterocycles. The lowest BCUT2D eigenvalue weighted by Gasteiger charge is -2.29. The number of anilines is 2. The molecule has 0 spiro atoms. The highest BCUT2D eigenvalue weighted by atomic mass is 32.1. The smallest absolute Gasteiger partial charge is 0.399 e. The van der Waals surface area contributed by atoms with Gasteiger partial charge >= 0.3 is 6.18 Å². The van der Waals surface area contributed by atoms with Crippen molar-refractivity contribution < 1.29 is 17.9 Å². The van der Waals surface area contributed by atoms with E-state index in [1.807, 2.05) is 6.07 Å². The molecule has 3 aromatic rings. The maximum absolute atomic E-state index is 13.2. The van der Waals surface area contributed by atoms with E-state index in [0.29, 0.717) is 18.0 Å². The van der Waals surface area contributed by atoms with Gasteiger partial charge in [-0.3, -0.25) is 0 Å². The average molecular weight is 490 g/mol. The first-order chi connectivity index (χ1) is 16.2. The predicted octanol–water partition coefficient (Wildman–Crippen LogP) is 5.71. The van der Waals surface area contributed by atoms with E-state index in [2.05, 4.69) is 32.8 Å². The van der Waals surface area contributed by atoms with Gasteiger partial charge < -0.3 is 20.7 Å². The van der Waals surface area contributed by atoms with E-state index in [1.54, 1.807) is 31.4 Å². The van der Waals surface area contributed by atoms with Crippen molar-refractivity contribution in [1.82, 2.24) is 14.9 Å². The lowest BCUT2D eigenvalue weighted by molar-refractivity contribution is -0.137. The Kier molecular flexibility index (Phi) is 6.81. The van der Waals surface area contributed by atoms with Gasteiger partial charge in [0.2, 0.25) is 0 Å². The first kappa shape index (κ1) is 24.0. The van der Waals surface area contributed by atoms with Crippen LogP contribution in [0.25, 0.3) is 15.8 Å². The number of nitrogens with two attached hydrogens (primary N) is 1. The van der Waals surface area contributed by atoms with Crippen LogP contribution >= 0.6 is 11.3 Å². The van der Waals surface area contributed by atoms with Crippen molar-refractivity contribution in [2.24, 2.45) is 0 Å². The molecule has 0 saturated heterocycles. The second-order valence-electron chi connectivity index (χ2n) is 8.23. The number of nitrogen functional groups attached to an aromatic ring is 1. The lowest BCUT2D eigenvalue weighted by Crippen LogP contribution is -2.29. The number of ether oxygens (including phenoxy) is 1. The third kappa shape index (κ3) is 5.18. The summed E-state index contributed by atoms with van der Waals surface area (Å²) in [4.78, 5) is 12.9. The molecule has 3 heterocycles. The summed E-state index contributed by atoms with van der Waals surface area (Å²) in [6, 6.07) is 5.19. The first-order valence-corrected chi connectivity index (χ1v) is 11.6. The largest absolute Gasteiger partial charge is 0.416 e. The fourth-order valence-corrected chi connectivity index (χ4v) is 5.01. The van der Waals surface area contributed by atoms with Crippen molar-refractivity contribution >= 4 is 38.6 Å². The highest BCUT2D eigenvalue weighted by molar-refractivity contribution is 7.19. The van der Waals surface area contributed by atoms with E-state index < -0.39 is 17.8 Å². The molecule has 0 radical (unpaired) electrons. The normalized spacial score (nSPS) is 15.3. The van der Waals surface area contributed by atoms with Crippen molar-refractivity contribution in [2.45, 2.75) is 25.6 Å². The third-order valence-corrected chi connectivity index (χ3v) is 6.89. The van der Waals surface area contributed by atoms with Crippen molar-refractivity contribution in [3.8, 4) is 0 Å². The Balaban J connectivity index is 1.56. The molecule has 1 aromatic carbocycles. The number of aromatic nitrogens is 2. The Hall–Kier alpha value is -3.11. The number of nitrogens with zero attached hydrogens (tertiary/aromatic N) is 3. The maximum atomic E-state index is 13.2. The lowest BCUT2D eigenvalue weighted by atomic mass is 10.0. The van der Waals surface area contributed by atoms with E-state index in [4.69, 9.17) is 10.5 Å². The predicted molar refractivity (Wildman–Crippen MR) is 130 cm³/mol. The van der Waals surface area contributed by atoms with Crippen LogP contribution in [0.4, 0.5) is 24.7 Å². The van der Waals surface area contributed by atoms with Crippen LogP contribution in [0.1, 0.15) is 35.4 Å². The summed E-state index contributed by atoms with van der Waals surface area (Å²) < 4.78 is 44.8. The zero-order valence-electron chi connectivity index (χ0n) is 18.9. The molecule has 34 heavy (non-hydrogen) atoms. The number of hydrogen-bond acceptors (Lipinski definition) is 7. The van der Waals surface area contributed by atoms with Gasteiger partial charge in [0.25, 0.3) is 0 Å². The molecule has 2 aromatic heterocycles. The summed E-state index contributed by atoms with van der Waals surface area (Å²) in [6.45, 7) is 7.97. The quantitative estimate of drug-likeness (QED) is 0.414. The van der Waals surface area contributed by atoms with Crippen LogP contribution in [0.3, 0.4) is 0 Å². The molecular formula is C24H26F3N5OS. The summed E-state index contributed by atoms with van der Waals surface area (Å²) in [7, 11) is 1.66. The number of rotatable bonds is 7. The molecule has 4 rings (SSSR count). The number of alkyl halides is 3. The maximum Gasteiger partial charge on any atom is 0.416 e. The van der Waals surface area contributed by atoms with Crippen LogP contribution in [-0.4, -0.2) is 41.7 Å². The Morgan fingerprint density at radius 1 is 1.29 bits per heavy atom. The van der Waals surface area contributed by atoms with Gasteiger partial charge in [-0.2, -0.15) is 13.2 Å². The van der Waals surface area contributed by atoms with Gasteiger partial charge in [0.15, 0.2) is 0 Å². The van der Waals surface area contributed by atoms with Crippen LogP contribution in [0.15, 0.2) is 48.9 Å². The minimum Gasteiger partial charge on any atom is -0.399 e. The van der Waals surface area contributed by atoms with E-state index in [0.717, 1.165) is 52.4 Å². The number of methoxy groups -OCH3 is 1. The molecule has 1 atom stereocenters. The van der Waals surface area contributed by atoms with Gasteiger partial charge in [-0.05, 0) is 48.7 Å². The van der Waals surface area contributed by atoms with Gasteiger partial charge in [0.05, 0.1) is 23.6 Å². The number of halogens is 3. The Morgan fingerprint density at radius 3 is 2.76 bits per heavy atom. The van der Waals surface area contributed by atoms with Gasteiger partial charge in [0, 0.05) is 36.5 Å². The SMILES string of the molecule is C=C(COC)N1CC=C(c2cc3c(N[C@H](C)c4cc(N)cc(C(F)(F)F)c4)ncnc3s2)CC1. The minimum atomic E-state index is -4.46. The number of nitrogens with one attached hydrogen (secondary N) is 1. The fourth-order valence-electron chi connectivity index (χ4n) is 3.95. The highest BCUT2D eigenvalue weighted by Crippen LogP contribution is 2.37. The molecule has 0 amide bonds. The molecule has 0 unspecified atom stereocenters. The Bertz CT molecular complexity index is 1240. The van der Waals surface area contributed by atoms with E-state index in [1.165, 1.54) is 11.9 Å². The van der Waals surface area contributed by atoms with Crippen LogP contribution in [0.2, 0.25) is 0 Å². The molecule has 6 nitrogen and oxygen atoms in total. The molecular weight excluding hydrogens is 463 g/mol. The third-order valence-electron chi connectivity index (χ3n) is 5.77. The van der Waals surface area contributed by atoms with E-state index in [9.17, 15) is 13.2 Å². The Morgan fingerprint density at radius 2 is 2.09 bits per heavy atom. The molecule has 0 saturated carbocycles. The minimum absolute atomic E-state index is 0.0654. The number of thiophene rings is 1. The number of benzene rings is 1. The van der Waals surface area contributed by atoms with Crippen LogP contribution in [-0.2, 0) is 10.9 Å². The number of hydrogen-bond donors (Lipinski definition) is 2. The average Bonchev–Trinajstić information content (AvgIpc) is 3.24. The van der Waals surface area contributed by atoms with Crippen LogP contribution in [0, 0.1) is 0 Å². The summed E-state index contributed by atoms with van der Waals surface area (Å²) in [6.07, 6.45) is 0.0483. The summed E-state index contributed by atoms with van der Waals surface area (Å²) in [5.41, 5.74) is 7.65.